The van der Waals surface area contributed by atoms with E-state index in [2.05, 4.69) is 10.1 Å². The number of rotatable bonds is 2. The van der Waals surface area contributed by atoms with Gasteiger partial charge in [0.05, 0.1) is 11.4 Å². The molecule has 1 aromatic carbocycles. The van der Waals surface area contributed by atoms with Gasteiger partial charge >= 0.3 is 0 Å². The summed E-state index contributed by atoms with van der Waals surface area (Å²) < 4.78 is 15.4. The topological polar surface area (TPSA) is 43.6 Å². The predicted molar refractivity (Wildman–Crippen MR) is 96.3 cm³/mol. The van der Waals surface area contributed by atoms with Gasteiger partial charge in [0.1, 0.15) is 0 Å². The molecule has 0 atom stereocenters. The van der Waals surface area contributed by atoms with E-state index in [0.29, 0.717) is 0 Å². The number of hydrogen-bond donors (Lipinski definition) is 0. The van der Waals surface area contributed by atoms with E-state index in [1.807, 2.05) is 61.9 Å². The highest BCUT2D eigenvalue weighted by Crippen LogP contribution is 2.33. The normalized spacial score (nSPS) is 11.2. The van der Waals surface area contributed by atoms with Crippen LogP contribution in [0.25, 0.3) is 27.8 Å². The van der Waals surface area contributed by atoms with Crippen molar-refractivity contribution >= 4 is 11.0 Å². The molecule has 3 aromatic heterocycles. The van der Waals surface area contributed by atoms with Gasteiger partial charge < -0.3 is 0 Å². The van der Waals surface area contributed by atoms with Crippen molar-refractivity contribution in [3.8, 4) is 16.8 Å². The molecule has 0 aliphatic rings. The zero-order valence-corrected chi connectivity index (χ0v) is 14.3. The highest BCUT2D eigenvalue weighted by molar-refractivity contribution is 5.90. The fourth-order valence-electron chi connectivity index (χ4n) is 3.40. The number of pyridine rings is 2. The summed E-state index contributed by atoms with van der Waals surface area (Å²) in [6.07, 6.45) is 1.48. The van der Waals surface area contributed by atoms with Crippen LogP contribution >= 0.6 is 0 Å². The van der Waals surface area contributed by atoms with Crippen molar-refractivity contribution < 1.29 is 4.39 Å². The summed E-state index contributed by atoms with van der Waals surface area (Å²) in [6.45, 7) is 5.95. The van der Waals surface area contributed by atoms with Crippen LogP contribution in [0.1, 0.15) is 17.0 Å². The minimum absolute atomic E-state index is 0.493. The lowest BCUT2D eigenvalue weighted by Gasteiger charge is -2.12. The van der Waals surface area contributed by atoms with E-state index >= 15 is 0 Å². The lowest BCUT2D eigenvalue weighted by atomic mass is 9.97. The predicted octanol–water partition coefficient (Wildman–Crippen LogP) is 4.55. The third-order valence-corrected chi connectivity index (χ3v) is 4.44. The fourth-order valence-corrected chi connectivity index (χ4v) is 3.40. The molecule has 4 nitrogen and oxygen atoms in total. The summed E-state index contributed by atoms with van der Waals surface area (Å²) in [7, 11) is 0. The Hall–Kier alpha value is -3.08. The van der Waals surface area contributed by atoms with Gasteiger partial charge in [-0.25, -0.2) is 14.6 Å². The average Bonchev–Trinajstić information content (AvgIpc) is 2.92. The van der Waals surface area contributed by atoms with Gasteiger partial charge in [-0.3, -0.25) is 0 Å². The molecule has 4 rings (SSSR count). The van der Waals surface area contributed by atoms with Gasteiger partial charge in [-0.15, -0.1) is 0 Å². The van der Waals surface area contributed by atoms with Crippen LogP contribution in [0, 0.1) is 26.7 Å². The number of halogens is 1. The molecule has 5 heteroatoms. The average molecular weight is 332 g/mol. The Morgan fingerprint density at radius 1 is 0.960 bits per heavy atom. The highest BCUT2D eigenvalue weighted by Gasteiger charge is 2.18. The summed E-state index contributed by atoms with van der Waals surface area (Å²) in [4.78, 5) is 8.44. The SMILES string of the molecule is Cc1nc2c(c(C)nn2-c2ccccc2)c(C)c1-c1ccnc(F)c1. The maximum Gasteiger partial charge on any atom is 0.213 e. The Kier molecular flexibility index (Phi) is 3.57. The molecule has 0 unspecified atom stereocenters. The van der Waals surface area contributed by atoms with Gasteiger partial charge in [0.25, 0.3) is 0 Å². The molecule has 0 aliphatic carbocycles. The van der Waals surface area contributed by atoms with Crippen LogP contribution in [0.2, 0.25) is 0 Å². The number of nitrogens with zero attached hydrogens (tertiary/aromatic N) is 4. The monoisotopic (exact) mass is 332 g/mol. The van der Waals surface area contributed by atoms with Crippen molar-refractivity contribution in [2.75, 3.05) is 0 Å². The van der Waals surface area contributed by atoms with Crippen LogP contribution in [0.4, 0.5) is 4.39 Å². The number of para-hydroxylation sites is 1. The van der Waals surface area contributed by atoms with Gasteiger partial charge in [-0.1, -0.05) is 18.2 Å². The molecule has 0 radical (unpaired) electrons. The Morgan fingerprint density at radius 3 is 2.44 bits per heavy atom. The third-order valence-electron chi connectivity index (χ3n) is 4.44. The Balaban J connectivity index is 2.03. The van der Waals surface area contributed by atoms with Crippen molar-refractivity contribution in [3.63, 3.8) is 0 Å². The Bertz CT molecular complexity index is 1080. The van der Waals surface area contributed by atoms with Crippen LogP contribution < -0.4 is 0 Å². The number of fused-ring (bicyclic) bond motifs is 1. The molecule has 0 aliphatic heterocycles. The van der Waals surface area contributed by atoms with Gasteiger partial charge in [0.15, 0.2) is 5.65 Å². The minimum Gasteiger partial charge on any atom is -0.233 e. The summed E-state index contributed by atoms with van der Waals surface area (Å²) >= 11 is 0. The maximum absolute atomic E-state index is 13.6. The van der Waals surface area contributed by atoms with Crippen molar-refractivity contribution in [1.82, 2.24) is 19.7 Å². The van der Waals surface area contributed by atoms with E-state index in [1.165, 1.54) is 12.3 Å². The largest absolute Gasteiger partial charge is 0.233 e. The molecular formula is C20H17FN4. The van der Waals surface area contributed by atoms with E-state index in [1.54, 1.807) is 0 Å². The first kappa shape index (κ1) is 15.4. The molecule has 0 N–H and O–H groups in total. The standard InChI is InChI=1S/C20H17FN4/c1-12-18(15-9-10-22-17(21)11-15)13(2)23-20-19(12)14(3)24-25(20)16-7-5-4-6-8-16/h4-11H,1-3H3. The second-order valence-electron chi connectivity index (χ2n) is 6.10. The van der Waals surface area contributed by atoms with E-state index in [-0.39, 0.29) is 0 Å². The van der Waals surface area contributed by atoms with Crippen molar-refractivity contribution in [3.05, 3.63) is 71.6 Å². The van der Waals surface area contributed by atoms with Gasteiger partial charge in [-0.2, -0.15) is 9.49 Å². The minimum atomic E-state index is -0.493. The van der Waals surface area contributed by atoms with E-state index in [4.69, 9.17) is 4.98 Å². The molecule has 0 saturated carbocycles. The van der Waals surface area contributed by atoms with E-state index in [9.17, 15) is 4.39 Å². The zero-order chi connectivity index (χ0) is 17.6. The second-order valence-corrected chi connectivity index (χ2v) is 6.10. The van der Waals surface area contributed by atoms with Gasteiger partial charge in [-0.05, 0) is 50.1 Å². The highest BCUT2D eigenvalue weighted by atomic mass is 19.1. The lowest BCUT2D eigenvalue weighted by Crippen LogP contribution is -2.00. The Morgan fingerprint density at radius 2 is 1.72 bits per heavy atom. The quantitative estimate of drug-likeness (QED) is 0.506. The van der Waals surface area contributed by atoms with E-state index < -0.39 is 5.95 Å². The smallest absolute Gasteiger partial charge is 0.213 e. The maximum atomic E-state index is 13.6. The molecule has 0 saturated heterocycles. The first-order chi connectivity index (χ1) is 12.1. The van der Waals surface area contributed by atoms with E-state index in [0.717, 1.165) is 44.8 Å². The summed E-state index contributed by atoms with van der Waals surface area (Å²) in [6, 6.07) is 13.2. The van der Waals surface area contributed by atoms with Crippen LogP contribution in [0.3, 0.4) is 0 Å². The molecule has 0 amide bonds. The molecule has 124 valence electrons. The zero-order valence-electron chi connectivity index (χ0n) is 14.3. The van der Waals surface area contributed by atoms with Crippen LogP contribution in [0.15, 0.2) is 48.7 Å². The van der Waals surface area contributed by atoms with Crippen LogP contribution in [-0.2, 0) is 0 Å². The molecule has 4 aromatic rings. The van der Waals surface area contributed by atoms with Crippen LogP contribution in [0.5, 0.6) is 0 Å². The van der Waals surface area contributed by atoms with Crippen LogP contribution in [-0.4, -0.2) is 19.7 Å². The molecule has 0 spiro atoms. The molecule has 3 heterocycles. The molecule has 25 heavy (non-hydrogen) atoms. The third kappa shape index (κ3) is 2.48. The number of hydrogen-bond acceptors (Lipinski definition) is 3. The number of aryl methyl sites for hydroxylation is 3. The number of benzene rings is 1. The van der Waals surface area contributed by atoms with Crippen molar-refractivity contribution in [1.29, 1.82) is 0 Å². The molecule has 0 fully saturated rings. The van der Waals surface area contributed by atoms with Gasteiger partial charge in [0, 0.05) is 28.9 Å². The molecule has 0 bridgehead atoms. The Labute approximate surface area is 145 Å². The van der Waals surface area contributed by atoms with Crippen molar-refractivity contribution in [2.24, 2.45) is 0 Å². The summed E-state index contributed by atoms with van der Waals surface area (Å²) in [5, 5.41) is 5.68. The summed E-state index contributed by atoms with van der Waals surface area (Å²) in [5.74, 6) is -0.493. The van der Waals surface area contributed by atoms with Gasteiger partial charge in [0.2, 0.25) is 5.95 Å². The molecular weight excluding hydrogens is 315 g/mol. The van der Waals surface area contributed by atoms with Crippen molar-refractivity contribution in [2.45, 2.75) is 20.8 Å². The first-order valence-electron chi connectivity index (χ1n) is 8.10. The summed E-state index contributed by atoms with van der Waals surface area (Å²) in [5.41, 5.74) is 6.29. The second kappa shape index (κ2) is 5.77. The lowest BCUT2D eigenvalue weighted by molar-refractivity contribution is 0.584. The fraction of sp³-hybridized carbons (Fsp3) is 0.150. The number of aromatic nitrogens is 4. The first-order valence-corrected chi connectivity index (χ1v) is 8.10.